The zero-order chi connectivity index (χ0) is 17.0. The summed E-state index contributed by atoms with van der Waals surface area (Å²) in [7, 11) is 0. The van der Waals surface area contributed by atoms with Gasteiger partial charge in [-0.3, -0.25) is 15.0 Å². The van der Waals surface area contributed by atoms with E-state index in [1.54, 1.807) is 4.90 Å². The normalized spacial score (nSPS) is 18.3. The van der Waals surface area contributed by atoms with Gasteiger partial charge in [-0.15, -0.1) is 0 Å². The van der Waals surface area contributed by atoms with Crippen molar-refractivity contribution in [1.82, 2.24) is 15.2 Å². The van der Waals surface area contributed by atoms with Crippen molar-refractivity contribution in [2.45, 2.75) is 45.2 Å². The number of hydrogen-bond acceptors (Lipinski definition) is 6. The van der Waals surface area contributed by atoms with Crippen LogP contribution < -0.4 is 10.1 Å². The number of carbonyl (C=O) groups excluding carboxylic acids is 1. The van der Waals surface area contributed by atoms with Crippen molar-refractivity contribution < 1.29 is 14.5 Å². The van der Waals surface area contributed by atoms with Crippen LogP contribution in [0.25, 0.3) is 0 Å². The third-order valence-electron chi connectivity index (χ3n) is 3.69. The van der Waals surface area contributed by atoms with Gasteiger partial charge in [-0.05, 0) is 46.2 Å². The largest absolute Gasteiger partial charge is 0.417 e. The van der Waals surface area contributed by atoms with Crippen molar-refractivity contribution in [3.05, 3.63) is 28.4 Å². The Kier molecular flexibility index (Phi) is 5.15. The highest BCUT2D eigenvalue weighted by Crippen LogP contribution is 2.27. The third-order valence-corrected chi connectivity index (χ3v) is 3.69. The van der Waals surface area contributed by atoms with E-state index >= 15 is 0 Å². The molecule has 0 saturated carbocycles. The molecule has 1 aliphatic heterocycles. The van der Waals surface area contributed by atoms with E-state index in [4.69, 9.17) is 4.74 Å². The smallest absolute Gasteiger partial charge is 0.384 e. The van der Waals surface area contributed by atoms with Gasteiger partial charge in [0, 0.05) is 30.4 Å². The number of pyridine rings is 1. The SMILES string of the molecule is CC(C)(C)N(C(=O)Oc1ncccc1[N+](=O)[O-])C1CCCNC1. The lowest BCUT2D eigenvalue weighted by atomic mass is 9.99. The summed E-state index contributed by atoms with van der Waals surface area (Å²) >= 11 is 0. The molecule has 1 aromatic rings. The number of hydrogen-bond donors (Lipinski definition) is 1. The molecule has 8 heteroatoms. The minimum atomic E-state index is -0.618. The monoisotopic (exact) mass is 322 g/mol. The van der Waals surface area contributed by atoms with Gasteiger partial charge in [-0.1, -0.05) is 0 Å². The average Bonchev–Trinajstić information content (AvgIpc) is 2.47. The van der Waals surface area contributed by atoms with E-state index in [0.717, 1.165) is 19.4 Å². The topological polar surface area (TPSA) is 97.6 Å². The van der Waals surface area contributed by atoms with Crippen LogP contribution in [-0.2, 0) is 0 Å². The number of nitrogens with one attached hydrogen (secondary N) is 1. The molecule has 1 fully saturated rings. The molecular weight excluding hydrogens is 300 g/mol. The molecular formula is C15H22N4O4. The number of carbonyl (C=O) groups is 1. The Bertz CT molecular complexity index is 579. The molecule has 0 aromatic carbocycles. The fourth-order valence-corrected chi connectivity index (χ4v) is 2.76. The third kappa shape index (κ3) is 4.16. The number of rotatable bonds is 3. The van der Waals surface area contributed by atoms with Crippen LogP contribution in [0.15, 0.2) is 18.3 Å². The number of amides is 1. The standard InChI is InChI=1S/C15H22N4O4/c1-15(2,3)18(11-6-4-8-16-10-11)14(20)23-13-12(19(21)22)7-5-9-17-13/h5,7,9,11,16H,4,6,8,10H2,1-3H3. The number of ether oxygens (including phenoxy) is 1. The highest BCUT2D eigenvalue weighted by molar-refractivity contribution is 5.72. The van der Waals surface area contributed by atoms with Crippen LogP contribution in [-0.4, -0.2) is 45.6 Å². The lowest BCUT2D eigenvalue weighted by Crippen LogP contribution is -2.57. The summed E-state index contributed by atoms with van der Waals surface area (Å²) in [6.45, 7) is 7.34. The summed E-state index contributed by atoms with van der Waals surface area (Å²) < 4.78 is 5.26. The minimum absolute atomic E-state index is 0.0148. The van der Waals surface area contributed by atoms with Gasteiger partial charge in [-0.2, -0.15) is 0 Å². The van der Waals surface area contributed by atoms with Crippen molar-refractivity contribution >= 4 is 11.8 Å². The second-order valence-corrected chi connectivity index (χ2v) is 6.49. The number of nitro groups is 1. The molecule has 1 aromatic heterocycles. The molecule has 8 nitrogen and oxygen atoms in total. The van der Waals surface area contributed by atoms with Crippen LogP contribution in [0.5, 0.6) is 5.88 Å². The molecule has 1 saturated heterocycles. The Labute approximate surface area is 135 Å². The van der Waals surface area contributed by atoms with Crippen molar-refractivity contribution in [1.29, 1.82) is 0 Å². The summed E-state index contributed by atoms with van der Waals surface area (Å²) in [6.07, 6.45) is 2.57. The first-order valence-electron chi connectivity index (χ1n) is 7.62. The molecule has 0 aliphatic carbocycles. The lowest BCUT2D eigenvalue weighted by molar-refractivity contribution is -0.386. The van der Waals surface area contributed by atoms with E-state index in [-0.39, 0.29) is 17.6 Å². The van der Waals surface area contributed by atoms with E-state index in [2.05, 4.69) is 10.3 Å². The van der Waals surface area contributed by atoms with Gasteiger partial charge in [0.25, 0.3) is 0 Å². The predicted octanol–water partition coefficient (Wildman–Crippen LogP) is 2.34. The minimum Gasteiger partial charge on any atom is -0.384 e. The molecule has 1 unspecified atom stereocenters. The van der Waals surface area contributed by atoms with Gasteiger partial charge >= 0.3 is 17.7 Å². The van der Waals surface area contributed by atoms with Gasteiger partial charge in [-0.25, -0.2) is 9.78 Å². The van der Waals surface area contributed by atoms with E-state index in [1.807, 2.05) is 20.8 Å². The quantitative estimate of drug-likeness (QED) is 0.677. The molecule has 1 aliphatic rings. The maximum Gasteiger partial charge on any atom is 0.417 e. The van der Waals surface area contributed by atoms with E-state index in [1.165, 1.54) is 18.3 Å². The Morgan fingerprint density at radius 2 is 2.26 bits per heavy atom. The molecule has 1 atom stereocenters. The molecule has 23 heavy (non-hydrogen) atoms. The van der Waals surface area contributed by atoms with Crippen LogP contribution in [0.4, 0.5) is 10.5 Å². The van der Waals surface area contributed by atoms with Gasteiger partial charge in [0.05, 0.1) is 4.92 Å². The molecule has 2 heterocycles. The van der Waals surface area contributed by atoms with E-state index in [0.29, 0.717) is 6.54 Å². The summed E-state index contributed by atoms with van der Waals surface area (Å²) in [5.41, 5.74) is -0.791. The molecule has 126 valence electrons. The molecule has 2 rings (SSSR count). The fourth-order valence-electron chi connectivity index (χ4n) is 2.76. The Morgan fingerprint density at radius 3 is 2.83 bits per heavy atom. The second-order valence-electron chi connectivity index (χ2n) is 6.49. The summed E-state index contributed by atoms with van der Waals surface area (Å²) in [5, 5.41) is 14.3. The van der Waals surface area contributed by atoms with Crippen LogP contribution in [0.3, 0.4) is 0 Å². The second kappa shape index (κ2) is 6.91. The van der Waals surface area contributed by atoms with Crippen molar-refractivity contribution in [2.75, 3.05) is 13.1 Å². The molecule has 0 spiro atoms. The average molecular weight is 322 g/mol. The first-order chi connectivity index (χ1) is 10.8. The summed E-state index contributed by atoms with van der Waals surface area (Å²) in [4.78, 5) is 28.5. The Morgan fingerprint density at radius 1 is 1.52 bits per heavy atom. The number of nitrogens with zero attached hydrogens (tertiary/aromatic N) is 3. The molecule has 1 N–H and O–H groups in total. The first-order valence-corrected chi connectivity index (χ1v) is 7.62. The van der Waals surface area contributed by atoms with Gasteiger partial charge in [0.15, 0.2) is 0 Å². The van der Waals surface area contributed by atoms with Crippen molar-refractivity contribution in [3.63, 3.8) is 0 Å². The number of piperidine rings is 1. The van der Waals surface area contributed by atoms with Gasteiger partial charge in [0.1, 0.15) is 0 Å². The summed E-state index contributed by atoms with van der Waals surface area (Å²) in [6, 6.07) is 2.68. The van der Waals surface area contributed by atoms with Crippen LogP contribution in [0.1, 0.15) is 33.6 Å². The zero-order valence-electron chi connectivity index (χ0n) is 13.6. The Balaban J connectivity index is 2.23. The summed E-state index contributed by atoms with van der Waals surface area (Å²) in [5.74, 6) is -0.277. The van der Waals surface area contributed by atoms with Crippen LogP contribution in [0, 0.1) is 10.1 Å². The van der Waals surface area contributed by atoms with Gasteiger partial charge in [0.2, 0.25) is 0 Å². The highest BCUT2D eigenvalue weighted by atomic mass is 16.6. The van der Waals surface area contributed by atoms with E-state index < -0.39 is 16.6 Å². The predicted molar refractivity (Wildman–Crippen MR) is 84.4 cm³/mol. The zero-order valence-corrected chi connectivity index (χ0v) is 13.6. The van der Waals surface area contributed by atoms with E-state index in [9.17, 15) is 14.9 Å². The highest BCUT2D eigenvalue weighted by Gasteiger charge is 2.36. The molecule has 1 amide bonds. The van der Waals surface area contributed by atoms with Gasteiger partial charge < -0.3 is 10.1 Å². The first kappa shape index (κ1) is 17.1. The Hall–Kier alpha value is -2.22. The van der Waals surface area contributed by atoms with Crippen molar-refractivity contribution in [3.8, 4) is 5.88 Å². The molecule has 0 bridgehead atoms. The fraction of sp³-hybridized carbons (Fsp3) is 0.600. The van der Waals surface area contributed by atoms with Crippen molar-refractivity contribution in [2.24, 2.45) is 0 Å². The van der Waals surface area contributed by atoms with Crippen LogP contribution >= 0.6 is 0 Å². The van der Waals surface area contributed by atoms with Crippen LogP contribution in [0.2, 0.25) is 0 Å². The number of aromatic nitrogens is 1. The lowest BCUT2D eigenvalue weighted by Gasteiger charge is -2.42. The maximum absolute atomic E-state index is 12.6. The molecule has 0 radical (unpaired) electrons. The maximum atomic E-state index is 12.6.